The van der Waals surface area contributed by atoms with Crippen LogP contribution in [0.5, 0.6) is 5.75 Å². The van der Waals surface area contributed by atoms with E-state index in [0.29, 0.717) is 47.6 Å². The van der Waals surface area contributed by atoms with Crippen molar-refractivity contribution in [1.29, 1.82) is 0 Å². The molecule has 1 aromatic heterocycles. The molecule has 0 aliphatic carbocycles. The third kappa shape index (κ3) is 4.89. The van der Waals surface area contributed by atoms with Crippen LogP contribution in [0, 0.1) is 5.41 Å². The lowest BCUT2D eigenvalue weighted by molar-refractivity contribution is 0.135. The maximum absolute atomic E-state index is 11.8. The van der Waals surface area contributed by atoms with Crippen LogP contribution in [0.2, 0.25) is 5.02 Å². The molecule has 0 saturated carbocycles. The highest BCUT2D eigenvalue weighted by molar-refractivity contribution is 6.32. The van der Waals surface area contributed by atoms with Crippen LogP contribution in [0.1, 0.15) is 51.7 Å². The molecule has 0 radical (unpaired) electrons. The Morgan fingerprint density at radius 1 is 1.26 bits per heavy atom. The van der Waals surface area contributed by atoms with E-state index in [1.807, 2.05) is 32.0 Å². The summed E-state index contributed by atoms with van der Waals surface area (Å²) >= 11 is 6.39. The minimum absolute atomic E-state index is 0.0145. The number of nitrogens with zero attached hydrogens (tertiary/aromatic N) is 3. The average Bonchev–Trinajstić information content (AvgIpc) is 3.14. The van der Waals surface area contributed by atoms with E-state index in [1.54, 1.807) is 12.1 Å². The van der Waals surface area contributed by atoms with Gasteiger partial charge in [-0.15, -0.1) is 0 Å². The number of hydrogen-bond acceptors (Lipinski definition) is 5. The highest BCUT2D eigenvalue weighted by Gasteiger charge is 2.35. The number of halogens is 1. The quantitative estimate of drug-likeness (QED) is 0.455. The van der Waals surface area contributed by atoms with E-state index in [2.05, 4.69) is 37.0 Å². The number of carbonyl (C=O) groups is 1. The molecule has 4 rings (SSSR count). The Bertz CT molecular complexity index is 1200. The van der Waals surface area contributed by atoms with Gasteiger partial charge in [0.25, 0.3) is 5.89 Å². The van der Waals surface area contributed by atoms with Crippen molar-refractivity contribution in [3.63, 3.8) is 0 Å². The van der Waals surface area contributed by atoms with E-state index in [-0.39, 0.29) is 17.4 Å². The third-order valence-corrected chi connectivity index (χ3v) is 6.44. The van der Waals surface area contributed by atoms with Gasteiger partial charge in [0, 0.05) is 30.1 Å². The molecule has 1 atom stereocenters. The minimum atomic E-state index is -0.896. The first kappa shape index (κ1) is 24.1. The van der Waals surface area contributed by atoms with Crippen LogP contribution < -0.4 is 4.74 Å². The molecule has 2 heterocycles. The average molecular weight is 484 g/mol. The molecule has 1 amide bonds. The van der Waals surface area contributed by atoms with Crippen LogP contribution in [-0.2, 0) is 6.42 Å². The zero-order valence-corrected chi connectivity index (χ0v) is 20.9. The van der Waals surface area contributed by atoms with E-state index >= 15 is 0 Å². The topological polar surface area (TPSA) is 88.7 Å². The van der Waals surface area contributed by atoms with Crippen molar-refractivity contribution < 1.29 is 19.2 Å². The van der Waals surface area contributed by atoms with Crippen molar-refractivity contribution in [3.8, 4) is 28.6 Å². The van der Waals surface area contributed by atoms with E-state index in [9.17, 15) is 9.90 Å². The minimum Gasteiger partial charge on any atom is -0.489 e. The van der Waals surface area contributed by atoms with E-state index < -0.39 is 6.09 Å². The molecule has 1 aliphatic rings. The van der Waals surface area contributed by atoms with Crippen LogP contribution in [0.15, 0.2) is 40.9 Å². The molecule has 1 N–H and O–H groups in total. The zero-order valence-electron chi connectivity index (χ0n) is 20.1. The monoisotopic (exact) mass is 483 g/mol. The van der Waals surface area contributed by atoms with Crippen LogP contribution in [0.3, 0.4) is 0 Å². The smallest absolute Gasteiger partial charge is 0.407 e. The van der Waals surface area contributed by atoms with Gasteiger partial charge in [0.05, 0.1) is 11.1 Å². The molecule has 7 nitrogen and oxygen atoms in total. The fourth-order valence-electron chi connectivity index (χ4n) is 4.42. The Balaban J connectivity index is 1.72. The maximum Gasteiger partial charge on any atom is 0.407 e. The summed E-state index contributed by atoms with van der Waals surface area (Å²) in [6.45, 7) is 11.2. The van der Waals surface area contributed by atoms with Gasteiger partial charge in [-0.3, -0.25) is 0 Å². The Kier molecular flexibility index (Phi) is 6.58. The summed E-state index contributed by atoms with van der Waals surface area (Å²) in [6.07, 6.45) is -0.297. The maximum atomic E-state index is 11.8. The number of rotatable bonds is 4. The van der Waals surface area contributed by atoms with Gasteiger partial charge in [0.15, 0.2) is 0 Å². The highest BCUT2D eigenvalue weighted by Crippen LogP contribution is 2.42. The van der Waals surface area contributed by atoms with Crippen LogP contribution in [-0.4, -0.2) is 45.4 Å². The van der Waals surface area contributed by atoms with Crippen molar-refractivity contribution in [2.45, 2.75) is 53.1 Å². The van der Waals surface area contributed by atoms with Gasteiger partial charge in [-0.1, -0.05) is 55.7 Å². The Labute approximate surface area is 204 Å². The van der Waals surface area contributed by atoms with Gasteiger partial charge in [-0.25, -0.2) is 4.79 Å². The standard InChI is InChI=1S/C26H30ClN3O4/c1-15(2)33-22-10-9-16(13-21(22)27)24-28-23(29-34-24)19-8-6-7-18-17(19)11-12-30(25(31)32)14-20(18)26(3,4)5/h6-10,13,15,20H,11-12,14H2,1-5H3,(H,31,32). The molecule has 0 spiro atoms. The van der Waals surface area contributed by atoms with Crippen LogP contribution in [0.4, 0.5) is 4.79 Å². The number of aromatic nitrogens is 2. The largest absolute Gasteiger partial charge is 0.489 e. The van der Waals surface area contributed by atoms with E-state index in [4.69, 9.17) is 20.9 Å². The molecular formula is C26H30ClN3O4. The van der Waals surface area contributed by atoms with E-state index in [0.717, 1.165) is 16.7 Å². The van der Waals surface area contributed by atoms with Crippen molar-refractivity contribution in [2.75, 3.05) is 13.1 Å². The number of benzene rings is 2. The van der Waals surface area contributed by atoms with Crippen molar-refractivity contribution >= 4 is 17.7 Å². The molecule has 180 valence electrons. The van der Waals surface area contributed by atoms with Gasteiger partial charge < -0.3 is 19.3 Å². The number of fused-ring (bicyclic) bond motifs is 1. The van der Waals surface area contributed by atoms with Gasteiger partial charge in [-0.2, -0.15) is 4.98 Å². The molecule has 0 bridgehead atoms. The van der Waals surface area contributed by atoms with Gasteiger partial charge in [-0.05, 0) is 55.0 Å². The van der Waals surface area contributed by atoms with Crippen molar-refractivity contribution in [3.05, 3.63) is 52.5 Å². The molecule has 1 aliphatic heterocycles. The van der Waals surface area contributed by atoms with Crippen molar-refractivity contribution in [2.24, 2.45) is 5.41 Å². The van der Waals surface area contributed by atoms with Gasteiger partial charge >= 0.3 is 6.09 Å². The first-order valence-electron chi connectivity index (χ1n) is 11.4. The lowest BCUT2D eigenvalue weighted by Gasteiger charge is -2.33. The molecular weight excluding hydrogens is 454 g/mol. The van der Waals surface area contributed by atoms with Crippen molar-refractivity contribution in [1.82, 2.24) is 15.0 Å². The Morgan fingerprint density at radius 3 is 2.68 bits per heavy atom. The van der Waals surface area contributed by atoms with Gasteiger partial charge in [0.2, 0.25) is 5.82 Å². The SMILES string of the molecule is CC(C)Oc1ccc(-c2nc(-c3cccc4c3CCN(C(=O)O)CC4C(C)(C)C)no2)cc1Cl. The lowest BCUT2D eigenvalue weighted by atomic mass is 9.74. The first-order valence-corrected chi connectivity index (χ1v) is 11.8. The first-order chi connectivity index (χ1) is 16.0. The second-order valence-corrected chi connectivity index (χ2v) is 10.4. The summed E-state index contributed by atoms with van der Waals surface area (Å²) in [7, 11) is 0. The lowest BCUT2D eigenvalue weighted by Crippen LogP contribution is -2.36. The molecule has 0 fully saturated rings. The zero-order chi connectivity index (χ0) is 24.6. The summed E-state index contributed by atoms with van der Waals surface area (Å²) in [5.41, 5.74) is 3.65. The molecule has 8 heteroatoms. The van der Waals surface area contributed by atoms with E-state index in [1.165, 1.54) is 4.90 Å². The molecule has 2 aromatic carbocycles. The second kappa shape index (κ2) is 9.29. The number of hydrogen-bond donors (Lipinski definition) is 1. The summed E-state index contributed by atoms with van der Waals surface area (Å²) in [5.74, 6) is 1.48. The molecule has 0 saturated heterocycles. The molecule has 1 unspecified atom stereocenters. The summed E-state index contributed by atoms with van der Waals surface area (Å²) in [6, 6.07) is 11.4. The predicted molar refractivity (Wildman–Crippen MR) is 131 cm³/mol. The fourth-order valence-corrected chi connectivity index (χ4v) is 4.65. The highest BCUT2D eigenvalue weighted by atomic mass is 35.5. The van der Waals surface area contributed by atoms with Gasteiger partial charge in [0.1, 0.15) is 5.75 Å². The second-order valence-electron chi connectivity index (χ2n) is 10.0. The van der Waals surface area contributed by atoms with Crippen LogP contribution >= 0.6 is 11.6 Å². The number of amides is 1. The Hall–Kier alpha value is -3.06. The fraction of sp³-hybridized carbons (Fsp3) is 0.423. The summed E-state index contributed by atoms with van der Waals surface area (Å²) in [4.78, 5) is 18.0. The normalized spacial score (nSPS) is 16.3. The number of carboxylic acid groups (broad SMARTS) is 1. The predicted octanol–water partition coefficient (Wildman–Crippen LogP) is 6.51. The van der Waals surface area contributed by atoms with Crippen LogP contribution in [0.25, 0.3) is 22.8 Å². The summed E-state index contributed by atoms with van der Waals surface area (Å²) < 4.78 is 11.3. The Morgan fingerprint density at radius 2 is 2.03 bits per heavy atom. The molecule has 3 aromatic rings. The molecule has 34 heavy (non-hydrogen) atoms. The summed E-state index contributed by atoms with van der Waals surface area (Å²) in [5, 5.41) is 14.4. The third-order valence-electron chi connectivity index (χ3n) is 6.15. The number of ether oxygens (including phenoxy) is 1.